The van der Waals surface area contributed by atoms with E-state index in [1.165, 1.54) is 0 Å². The summed E-state index contributed by atoms with van der Waals surface area (Å²) in [6.45, 7) is -2.27. The van der Waals surface area contributed by atoms with E-state index in [-0.39, 0.29) is 5.78 Å². The van der Waals surface area contributed by atoms with Gasteiger partial charge >= 0.3 is 0 Å². The minimum Gasteiger partial charge on any atom is -0.465 e. The molecule has 0 atom stereocenters. The van der Waals surface area contributed by atoms with E-state index in [1.54, 1.807) is 18.4 Å². The maximum Gasteiger partial charge on any atom is 0.179 e. The maximum absolute atomic E-state index is 13.1. The number of rotatable bonds is 6. The lowest BCUT2D eigenvalue weighted by Gasteiger charge is -2.28. The van der Waals surface area contributed by atoms with Gasteiger partial charge in [-0.15, -0.1) is 0 Å². The van der Waals surface area contributed by atoms with Crippen LogP contribution in [0.15, 0.2) is 120 Å². The van der Waals surface area contributed by atoms with Crippen molar-refractivity contribution in [2.75, 3.05) is 0 Å². The summed E-state index contributed by atoms with van der Waals surface area (Å²) in [5.41, 5.74) is 0. The van der Waals surface area contributed by atoms with E-state index in [1.807, 2.05) is 72.5 Å². The smallest absolute Gasteiger partial charge is 0.179 e. The molecule has 0 fully saturated rings. The summed E-state index contributed by atoms with van der Waals surface area (Å²) >= 11 is 0. The fourth-order valence-corrected chi connectivity index (χ4v) is 7.18. The topological polar surface area (TPSA) is 30.2 Å². The number of hydrogen-bond acceptors (Lipinski definition) is 2. The first kappa shape index (κ1) is 19.0. The molecule has 0 bridgehead atoms. The van der Waals surface area contributed by atoms with Crippen LogP contribution in [-0.2, 0) is 4.79 Å². The van der Waals surface area contributed by atoms with Crippen molar-refractivity contribution in [2.45, 2.75) is 0 Å². The first-order valence-electron chi connectivity index (χ1n) is 9.46. The van der Waals surface area contributed by atoms with Crippen LogP contribution in [0.4, 0.5) is 0 Å². The highest BCUT2D eigenvalue weighted by molar-refractivity contribution is 7.95. The molecule has 142 valence electrons. The normalized spacial score (nSPS) is 11.4. The molecule has 1 heterocycles. The number of benzene rings is 3. The van der Waals surface area contributed by atoms with Gasteiger partial charge in [-0.1, -0.05) is 91.0 Å². The van der Waals surface area contributed by atoms with Gasteiger partial charge in [0.15, 0.2) is 5.78 Å². The third-order valence-corrected chi connectivity index (χ3v) is 8.75. The molecule has 2 nitrogen and oxygen atoms in total. The van der Waals surface area contributed by atoms with Gasteiger partial charge in [-0.25, -0.2) is 0 Å². The molecule has 0 saturated carbocycles. The molecule has 0 spiro atoms. The fraction of sp³-hybridized carbons (Fsp3) is 0. The molecule has 29 heavy (non-hydrogen) atoms. The van der Waals surface area contributed by atoms with Gasteiger partial charge in [0.05, 0.1) is 6.26 Å². The van der Waals surface area contributed by atoms with Crippen molar-refractivity contribution < 1.29 is 9.21 Å². The van der Waals surface area contributed by atoms with Crippen LogP contribution in [0, 0.1) is 0 Å². The van der Waals surface area contributed by atoms with Crippen LogP contribution >= 0.6 is 6.89 Å². The van der Waals surface area contributed by atoms with Gasteiger partial charge in [0.25, 0.3) is 0 Å². The Kier molecular flexibility index (Phi) is 5.74. The monoisotopic (exact) mass is 396 g/mol. The third-order valence-electron chi connectivity index (χ3n) is 4.77. The zero-order chi connectivity index (χ0) is 19.9. The number of hydrogen-bond donors (Lipinski definition) is 0. The Labute approximate surface area is 171 Å². The number of ketones is 1. The van der Waals surface area contributed by atoms with Crippen LogP contribution in [0.2, 0.25) is 0 Å². The average Bonchev–Trinajstić information content (AvgIpc) is 3.32. The minimum absolute atomic E-state index is 0.0358. The van der Waals surface area contributed by atoms with Gasteiger partial charge in [-0.3, -0.25) is 4.79 Å². The van der Waals surface area contributed by atoms with Crippen LogP contribution < -0.4 is 15.9 Å². The fourth-order valence-electron chi connectivity index (χ4n) is 3.44. The molecule has 4 aromatic rings. The largest absolute Gasteiger partial charge is 0.465 e. The molecule has 0 aliphatic heterocycles. The summed E-state index contributed by atoms with van der Waals surface area (Å²) in [4.78, 5) is 13.1. The molecule has 0 unspecified atom stereocenters. The number of carbonyl (C=O) groups is 1. The lowest BCUT2D eigenvalue weighted by atomic mass is 10.3. The van der Waals surface area contributed by atoms with Crippen LogP contribution in [0.1, 0.15) is 5.76 Å². The third kappa shape index (κ3) is 4.08. The van der Waals surface area contributed by atoms with E-state index in [4.69, 9.17) is 4.42 Å². The Bertz CT molecular complexity index is 1040. The van der Waals surface area contributed by atoms with Crippen LogP contribution in [0.3, 0.4) is 0 Å². The lowest BCUT2D eigenvalue weighted by molar-refractivity contribution is -0.108. The lowest BCUT2D eigenvalue weighted by Crippen LogP contribution is -2.28. The number of allylic oxidation sites excluding steroid dienone is 1. The molecule has 0 aliphatic carbocycles. The molecule has 0 N–H and O–H groups in total. The van der Waals surface area contributed by atoms with Crippen LogP contribution in [-0.4, -0.2) is 11.6 Å². The molecule has 0 aliphatic rings. The molecule has 3 heteroatoms. The molecular weight excluding hydrogens is 375 g/mol. The van der Waals surface area contributed by atoms with Crippen molar-refractivity contribution in [3.63, 3.8) is 0 Å². The first-order valence-corrected chi connectivity index (χ1v) is 11.3. The maximum atomic E-state index is 13.1. The van der Waals surface area contributed by atoms with Gasteiger partial charge < -0.3 is 4.42 Å². The molecule has 4 rings (SSSR count). The van der Waals surface area contributed by atoms with Gasteiger partial charge in [0.2, 0.25) is 0 Å². The summed E-state index contributed by atoms with van der Waals surface area (Å²) in [6, 6.07) is 34.6. The zero-order valence-corrected chi connectivity index (χ0v) is 16.8. The Morgan fingerprint density at radius 2 is 1.14 bits per heavy atom. The minimum atomic E-state index is -2.27. The quantitative estimate of drug-likeness (QED) is 0.351. The number of carbonyl (C=O) groups excluding carboxylic acids is 1. The highest BCUT2D eigenvalue weighted by atomic mass is 31.2. The Morgan fingerprint density at radius 1 is 0.655 bits per heavy atom. The van der Waals surface area contributed by atoms with Crippen LogP contribution in [0.25, 0.3) is 6.08 Å². The second kappa shape index (κ2) is 8.77. The average molecular weight is 396 g/mol. The first-order chi connectivity index (χ1) is 14.3. The Hall–Kier alpha value is -3.35. The van der Waals surface area contributed by atoms with E-state index < -0.39 is 6.89 Å². The van der Waals surface area contributed by atoms with Gasteiger partial charge in [0.1, 0.15) is 5.76 Å². The molecule has 0 radical (unpaired) electrons. The van der Waals surface area contributed by atoms with Crippen molar-refractivity contribution >= 4 is 40.5 Å². The van der Waals surface area contributed by atoms with E-state index >= 15 is 0 Å². The van der Waals surface area contributed by atoms with Crippen molar-refractivity contribution in [2.24, 2.45) is 0 Å². The molecule has 1 aromatic heterocycles. The highest BCUT2D eigenvalue weighted by Crippen LogP contribution is 2.43. The SMILES string of the molecule is O=C(C=P(c1ccccc1)(c1ccccc1)c1ccccc1)/C=C/c1ccco1. The molecular formula is C26H21O2P. The van der Waals surface area contributed by atoms with Crippen molar-refractivity contribution in [3.8, 4) is 0 Å². The summed E-state index contributed by atoms with van der Waals surface area (Å²) in [5.74, 6) is 2.54. The second-order valence-electron chi connectivity index (χ2n) is 6.61. The summed E-state index contributed by atoms with van der Waals surface area (Å²) in [5, 5.41) is 3.45. The van der Waals surface area contributed by atoms with Gasteiger partial charge in [0, 0.05) is 0 Å². The van der Waals surface area contributed by atoms with E-state index in [0.29, 0.717) is 5.76 Å². The Balaban J connectivity index is 1.96. The predicted molar refractivity (Wildman–Crippen MR) is 124 cm³/mol. The van der Waals surface area contributed by atoms with Gasteiger partial charge in [-0.2, -0.15) is 0 Å². The summed E-state index contributed by atoms with van der Waals surface area (Å²) in [6.07, 6.45) is 4.90. The molecule has 3 aromatic carbocycles. The predicted octanol–water partition coefficient (Wildman–Crippen LogP) is 4.66. The van der Waals surface area contributed by atoms with E-state index in [2.05, 4.69) is 36.4 Å². The molecule has 0 saturated heterocycles. The van der Waals surface area contributed by atoms with Gasteiger partial charge in [-0.05, 0) is 52.9 Å². The zero-order valence-electron chi connectivity index (χ0n) is 15.9. The van der Waals surface area contributed by atoms with Crippen molar-refractivity contribution in [3.05, 3.63) is 121 Å². The Morgan fingerprint density at radius 3 is 1.55 bits per heavy atom. The highest BCUT2D eigenvalue weighted by Gasteiger charge is 2.25. The number of furan rings is 1. The summed E-state index contributed by atoms with van der Waals surface area (Å²) in [7, 11) is 0. The molecule has 0 amide bonds. The van der Waals surface area contributed by atoms with E-state index in [0.717, 1.165) is 15.9 Å². The van der Waals surface area contributed by atoms with Crippen molar-refractivity contribution in [1.82, 2.24) is 0 Å². The standard InChI is InChI=1S/C26H21O2P/c27-22(18-19-23-11-10-20-28-23)21-29(24-12-4-1-5-13-24,25-14-6-2-7-15-25)26-16-8-3-9-17-26/h1-21H/b19-18+. The van der Waals surface area contributed by atoms with Crippen LogP contribution in [0.5, 0.6) is 0 Å². The summed E-state index contributed by atoms with van der Waals surface area (Å²) < 4.78 is 5.32. The second-order valence-corrected chi connectivity index (χ2v) is 9.86. The van der Waals surface area contributed by atoms with E-state index in [9.17, 15) is 4.79 Å². The van der Waals surface area contributed by atoms with Crippen molar-refractivity contribution in [1.29, 1.82) is 0 Å².